The average molecular weight is 471 g/mol. The predicted molar refractivity (Wildman–Crippen MR) is 128 cm³/mol. The van der Waals surface area contributed by atoms with Gasteiger partial charge in [-0.2, -0.15) is 0 Å². The Labute approximate surface area is 195 Å². The monoisotopic (exact) mass is 470 g/mol. The van der Waals surface area contributed by atoms with E-state index in [4.69, 9.17) is 16.3 Å². The molecule has 0 aliphatic heterocycles. The van der Waals surface area contributed by atoms with Crippen molar-refractivity contribution >= 4 is 51.4 Å². The summed E-state index contributed by atoms with van der Waals surface area (Å²) >= 11 is 6.93. The largest absolute Gasteiger partial charge is 0.465 e. The highest BCUT2D eigenvalue weighted by molar-refractivity contribution is 7.19. The molecule has 2 amide bonds. The standard InChI is InChI=1S/C24H23ClN2O4S/c1-13-5-6-14(2)18(11-13)26-22(29)21-15(3)20(24(30)31-4)23(32-21)27-19(28)12-16-7-9-17(25)10-8-16/h5-11H,12H2,1-4H3,(H,26,29)(H,27,28). The van der Waals surface area contributed by atoms with Crippen LogP contribution >= 0.6 is 22.9 Å². The smallest absolute Gasteiger partial charge is 0.341 e. The van der Waals surface area contributed by atoms with Gasteiger partial charge in [0.05, 0.1) is 24.0 Å². The molecule has 1 heterocycles. The van der Waals surface area contributed by atoms with E-state index in [1.807, 2.05) is 32.0 Å². The van der Waals surface area contributed by atoms with Crippen LogP contribution in [0.15, 0.2) is 42.5 Å². The van der Waals surface area contributed by atoms with Crippen molar-refractivity contribution in [3.63, 3.8) is 0 Å². The molecule has 32 heavy (non-hydrogen) atoms. The molecule has 0 radical (unpaired) electrons. The first kappa shape index (κ1) is 23.5. The lowest BCUT2D eigenvalue weighted by molar-refractivity contribution is -0.115. The minimum Gasteiger partial charge on any atom is -0.465 e. The molecule has 0 saturated heterocycles. The van der Waals surface area contributed by atoms with Crippen molar-refractivity contribution in [1.29, 1.82) is 0 Å². The molecule has 0 bridgehead atoms. The number of hydrogen-bond donors (Lipinski definition) is 2. The summed E-state index contributed by atoms with van der Waals surface area (Å²) in [7, 11) is 1.26. The minimum absolute atomic E-state index is 0.0960. The Bertz CT molecular complexity index is 1190. The zero-order chi connectivity index (χ0) is 23.4. The molecule has 0 spiro atoms. The van der Waals surface area contributed by atoms with E-state index in [9.17, 15) is 14.4 Å². The molecule has 0 atom stereocenters. The van der Waals surface area contributed by atoms with Crippen molar-refractivity contribution in [3.05, 3.63) is 80.2 Å². The molecule has 8 heteroatoms. The van der Waals surface area contributed by atoms with Crippen LogP contribution in [0.2, 0.25) is 5.02 Å². The van der Waals surface area contributed by atoms with Gasteiger partial charge in [0.1, 0.15) is 5.00 Å². The molecule has 3 rings (SSSR count). The number of anilines is 2. The Balaban J connectivity index is 1.87. The van der Waals surface area contributed by atoms with Gasteiger partial charge in [0.2, 0.25) is 5.91 Å². The Morgan fingerprint density at radius 3 is 2.34 bits per heavy atom. The van der Waals surface area contributed by atoms with E-state index in [0.29, 0.717) is 21.2 Å². The number of methoxy groups -OCH3 is 1. The average Bonchev–Trinajstić information content (AvgIpc) is 3.07. The van der Waals surface area contributed by atoms with Crippen LogP contribution < -0.4 is 10.6 Å². The van der Waals surface area contributed by atoms with Crippen molar-refractivity contribution < 1.29 is 19.1 Å². The van der Waals surface area contributed by atoms with Crippen molar-refractivity contribution in [1.82, 2.24) is 0 Å². The Morgan fingerprint density at radius 2 is 1.69 bits per heavy atom. The number of thiophene rings is 1. The number of amides is 2. The third-order valence-corrected chi connectivity index (χ3v) is 6.37. The van der Waals surface area contributed by atoms with Crippen LogP contribution in [0.25, 0.3) is 0 Å². The fourth-order valence-electron chi connectivity index (χ4n) is 3.17. The molecule has 0 fully saturated rings. The first-order valence-electron chi connectivity index (χ1n) is 9.84. The van der Waals surface area contributed by atoms with E-state index in [1.54, 1.807) is 31.2 Å². The number of esters is 1. The van der Waals surface area contributed by atoms with Gasteiger partial charge in [-0.15, -0.1) is 11.3 Å². The van der Waals surface area contributed by atoms with Crippen LogP contribution in [0.5, 0.6) is 0 Å². The molecule has 2 N–H and O–H groups in total. The summed E-state index contributed by atoms with van der Waals surface area (Å²) in [6, 6.07) is 12.7. The fraction of sp³-hybridized carbons (Fsp3) is 0.208. The maximum absolute atomic E-state index is 13.0. The summed E-state index contributed by atoms with van der Waals surface area (Å²) in [6.45, 7) is 5.50. The first-order valence-corrected chi connectivity index (χ1v) is 11.0. The molecular weight excluding hydrogens is 448 g/mol. The summed E-state index contributed by atoms with van der Waals surface area (Å²) in [5, 5.41) is 6.51. The van der Waals surface area contributed by atoms with Crippen LogP contribution in [0.1, 0.15) is 42.3 Å². The van der Waals surface area contributed by atoms with E-state index >= 15 is 0 Å². The SMILES string of the molecule is COC(=O)c1c(NC(=O)Cc2ccc(Cl)cc2)sc(C(=O)Nc2cc(C)ccc2C)c1C. The lowest BCUT2D eigenvalue weighted by atomic mass is 10.1. The van der Waals surface area contributed by atoms with Crippen molar-refractivity contribution in [3.8, 4) is 0 Å². The van der Waals surface area contributed by atoms with Gasteiger partial charge in [0.25, 0.3) is 5.91 Å². The predicted octanol–water partition coefficient (Wildman–Crippen LogP) is 5.55. The van der Waals surface area contributed by atoms with Gasteiger partial charge < -0.3 is 15.4 Å². The molecule has 0 aliphatic carbocycles. The molecule has 0 aliphatic rings. The second-order valence-corrected chi connectivity index (χ2v) is 8.83. The molecular formula is C24H23ClN2O4S. The van der Waals surface area contributed by atoms with E-state index in [-0.39, 0.29) is 28.8 Å². The first-order chi connectivity index (χ1) is 15.2. The molecule has 166 valence electrons. The van der Waals surface area contributed by atoms with Crippen LogP contribution in [0, 0.1) is 20.8 Å². The number of halogens is 1. The number of carbonyl (C=O) groups excluding carboxylic acids is 3. The normalized spacial score (nSPS) is 10.5. The number of nitrogens with one attached hydrogen (secondary N) is 2. The molecule has 0 saturated carbocycles. The van der Waals surface area contributed by atoms with Gasteiger partial charge in [-0.05, 0) is 61.2 Å². The van der Waals surface area contributed by atoms with Crippen LogP contribution in [0.3, 0.4) is 0 Å². The van der Waals surface area contributed by atoms with Gasteiger partial charge in [-0.3, -0.25) is 9.59 Å². The van der Waals surface area contributed by atoms with Crippen LogP contribution in [-0.4, -0.2) is 24.9 Å². The summed E-state index contributed by atoms with van der Waals surface area (Å²) in [5.41, 5.74) is 4.02. The zero-order valence-electron chi connectivity index (χ0n) is 18.2. The van der Waals surface area contributed by atoms with Crippen molar-refractivity contribution in [2.24, 2.45) is 0 Å². The molecule has 1 aromatic heterocycles. The zero-order valence-corrected chi connectivity index (χ0v) is 19.7. The number of carbonyl (C=O) groups is 3. The van der Waals surface area contributed by atoms with Gasteiger partial charge in [0, 0.05) is 10.7 Å². The lowest BCUT2D eigenvalue weighted by Gasteiger charge is -2.09. The van der Waals surface area contributed by atoms with E-state index < -0.39 is 5.97 Å². The summed E-state index contributed by atoms with van der Waals surface area (Å²) in [4.78, 5) is 38.3. The summed E-state index contributed by atoms with van der Waals surface area (Å²) in [6.07, 6.45) is 0.0960. The fourth-order valence-corrected chi connectivity index (χ4v) is 4.41. The summed E-state index contributed by atoms with van der Waals surface area (Å²) < 4.78 is 4.89. The summed E-state index contributed by atoms with van der Waals surface area (Å²) in [5.74, 6) is -1.30. The number of rotatable bonds is 6. The maximum Gasteiger partial charge on any atom is 0.341 e. The highest BCUT2D eigenvalue weighted by atomic mass is 35.5. The Morgan fingerprint density at radius 1 is 1.00 bits per heavy atom. The Kier molecular flexibility index (Phi) is 7.33. The van der Waals surface area contributed by atoms with E-state index in [1.165, 1.54) is 7.11 Å². The highest BCUT2D eigenvalue weighted by Gasteiger charge is 2.26. The Hall–Kier alpha value is -3.16. The molecule has 0 unspecified atom stereocenters. The molecule has 2 aromatic carbocycles. The number of aryl methyl sites for hydroxylation is 2. The van der Waals surface area contributed by atoms with Crippen molar-refractivity contribution in [2.45, 2.75) is 27.2 Å². The van der Waals surface area contributed by atoms with Gasteiger partial charge in [-0.25, -0.2) is 4.79 Å². The topological polar surface area (TPSA) is 84.5 Å². The second-order valence-electron chi connectivity index (χ2n) is 7.38. The van der Waals surface area contributed by atoms with Gasteiger partial charge >= 0.3 is 5.97 Å². The van der Waals surface area contributed by atoms with E-state index in [2.05, 4.69) is 10.6 Å². The van der Waals surface area contributed by atoms with Crippen molar-refractivity contribution in [2.75, 3.05) is 17.7 Å². The third-order valence-electron chi connectivity index (χ3n) is 4.91. The van der Waals surface area contributed by atoms with Crippen LogP contribution in [0.4, 0.5) is 10.7 Å². The van der Waals surface area contributed by atoms with Crippen LogP contribution in [-0.2, 0) is 16.0 Å². The highest BCUT2D eigenvalue weighted by Crippen LogP contribution is 2.34. The number of hydrogen-bond acceptors (Lipinski definition) is 5. The second kappa shape index (κ2) is 9.97. The van der Waals surface area contributed by atoms with E-state index in [0.717, 1.165) is 28.0 Å². The molecule has 3 aromatic rings. The number of ether oxygens (including phenoxy) is 1. The third kappa shape index (κ3) is 5.36. The van der Waals surface area contributed by atoms with Gasteiger partial charge in [0.15, 0.2) is 0 Å². The van der Waals surface area contributed by atoms with Gasteiger partial charge in [-0.1, -0.05) is 35.9 Å². The minimum atomic E-state index is -0.619. The molecule has 6 nitrogen and oxygen atoms in total. The quantitative estimate of drug-likeness (QED) is 0.463. The lowest BCUT2D eigenvalue weighted by Crippen LogP contribution is -2.16. The maximum atomic E-state index is 13.0. The number of benzene rings is 2.